The number of carbonyl (C=O) groups is 1. The maximum Gasteiger partial charge on any atom is 0.270 e. The van der Waals surface area contributed by atoms with E-state index in [4.69, 9.17) is 0 Å². The van der Waals surface area contributed by atoms with Gasteiger partial charge in [-0.05, 0) is 18.2 Å². The summed E-state index contributed by atoms with van der Waals surface area (Å²) in [4.78, 5) is 24.6. The second kappa shape index (κ2) is 7.74. The zero-order valence-corrected chi connectivity index (χ0v) is 13.9. The summed E-state index contributed by atoms with van der Waals surface area (Å²) in [5, 5.41) is 2.70. The topological polar surface area (TPSA) is 61.4 Å². The zero-order chi connectivity index (χ0) is 17.6. The maximum atomic E-state index is 13.9. The number of hydrogen-bond donors (Lipinski definition) is 1. The lowest BCUT2D eigenvalue weighted by Crippen LogP contribution is -2.47. The van der Waals surface area contributed by atoms with Gasteiger partial charge in [0.2, 0.25) is 5.95 Å². The van der Waals surface area contributed by atoms with Crippen LogP contribution >= 0.6 is 0 Å². The summed E-state index contributed by atoms with van der Waals surface area (Å²) in [6.07, 6.45) is 3.19. The number of nitrogens with one attached hydrogen (secondary N) is 1. The SMILES string of the molecule is C=CCNC(=O)c1ccnc(N2CCN(c3ccccc3F)CC2)n1. The fraction of sp³-hybridized carbons (Fsp3) is 0.278. The number of aromatic nitrogens is 2. The zero-order valence-electron chi connectivity index (χ0n) is 13.9. The van der Waals surface area contributed by atoms with E-state index in [-0.39, 0.29) is 11.7 Å². The first-order chi connectivity index (χ1) is 12.2. The lowest BCUT2D eigenvalue weighted by atomic mass is 10.2. The largest absolute Gasteiger partial charge is 0.366 e. The molecule has 0 atom stereocenters. The Balaban J connectivity index is 1.66. The van der Waals surface area contributed by atoms with E-state index in [1.807, 2.05) is 15.9 Å². The number of para-hydroxylation sites is 1. The molecule has 1 fully saturated rings. The summed E-state index contributed by atoms with van der Waals surface area (Å²) in [5.41, 5.74) is 0.934. The highest BCUT2D eigenvalue weighted by molar-refractivity contribution is 5.92. The number of anilines is 2. The second-order valence-corrected chi connectivity index (χ2v) is 5.67. The molecule has 130 valence electrons. The number of nitrogens with zero attached hydrogens (tertiary/aromatic N) is 4. The molecule has 7 heteroatoms. The van der Waals surface area contributed by atoms with Crippen molar-refractivity contribution in [2.45, 2.75) is 0 Å². The van der Waals surface area contributed by atoms with Gasteiger partial charge in [0, 0.05) is 38.9 Å². The maximum absolute atomic E-state index is 13.9. The highest BCUT2D eigenvalue weighted by Gasteiger charge is 2.21. The van der Waals surface area contributed by atoms with Gasteiger partial charge in [0.15, 0.2) is 0 Å². The first-order valence-electron chi connectivity index (χ1n) is 8.15. The standard InChI is InChI=1S/C18H20FN5O/c1-2-8-20-17(25)15-7-9-21-18(22-15)24-12-10-23(11-13-24)16-6-4-3-5-14(16)19/h2-7,9H,1,8,10-13H2,(H,20,25). The van der Waals surface area contributed by atoms with Gasteiger partial charge in [0.05, 0.1) is 5.69 Å². The molecule has 0 bridgehead atoms. The minimum absolute atomic E-state index is 0.215. The van der Waals surface area contributed by atoms with E-state index in [1.165, 1.54) is 6.07 Å². The summed E-state index contributed by atoms with van der Waals surface area (Å²) in [7, 11) is 0. The van der Waals surface area contributed by atoms with Crippen molar-refractivity contribution in [2.75, 3.05) is 42.5 Å². The first kappa shape index (κ1) is 16.9. The molecule has 0 aliphatic carbocycles. The summed E-state index contributed by atoms with van der Waals surface area (Å²) >= 11 is 0. The van der Waals surface area contributed by atoms with Gasteiger partial charge >= 0.3 is 0 Å². The highest BCUT2D eigenvalue weighted by Crippen LogP contribution is 2.21. The molecular weight excluding hydrogens is 321 g/mol. The van der Waals surface area contributed by atoms with E-state index in [0.717, 1.165) is 0 Å². The van der Waals surface area contributed by atoms with Gasteiger partial charge in [-0.3, -0.25) is 4.79 Å². The van der Waals surface area contributed by atoms with E-state index in [0.29, 0.717) is 50.1 Å². The molecular formula is C18H20FN5O. The first-order valence-corrected chi connectivity index (χ1v) is 8.15. The van der Waals surface area contributed by atoms with Crippen LogP contribution in [0.1, 0.15) is 10.5 Å². The van der Waals surface area contributed by atoms with E-state index < -0.39 is 0 Å². The fourth-order valence-corrected chi connectivity index (χ4v) is 2.74. The van der Waals surface area contributed by atoms with Gasteiger partial charge in [0.25, 0.3) is 5.91 Å². The van der Waals surface area contributed by atoms with Crippen molar-refractivity contribution < 1.29 is 9.18 Å². The van der Waals surface area contributed by atoms with Gasteiger partial charge in [0.1, 0.15) is 11.5 Å². The average molecular weight is 341 g/mol. The number of halogens is 1. The van der Waals surface area contributed by atoms with Gasteiger partial charge in [-0.2, -0.15) is 0 Å². The lowest BCUT2D eigenvalue weighted by Gasteiger charge is -2.36. The Morgan fingerprint density at radius 1 is 1.20 bits per heavy atom. The molecule has 1 N–H and O–H groups in total. The molecule has 1 aromatic heterocycles. The molecule has 2 heterocycles. The number of piperazine rings is 1. The highest BCUT2D eigenvalue weighted by atomic mass is 19.1. The minimum atomic E-state index is -0.256. The predicted molar refractivity (Wildman–Crippen MR) is 95.4 cm³/mol. The molecule has 0 radical (unpaired) electrons. The number of benzene rings is 1. The van der Waals surface area contributed by atoms with Crippen LogP contribution in [0.15, 0.2) is 49.2 Å². The minimum Gasteiger partial charge on any atom is -0.366 e. The number of carbonyl (C=O) groups excluding carboxylic acids is 1. The Morgan fingerprint density at radius 2 is 1.92 bits per heavy atom. The van der Waals surface area contributed by atoms with Crippen molar-refractivity contribution in [3.05, 3.63) is 60.7 Å². The van der Waals surface area contributed by atoms with Crippen LogP contribution in [0, 0.1) is 5.82 Å². The van der Waals surface area contributed by atoms with Crippen LogP contribution < -0.4 is 15.1 Å². The molecule has 1 amide bonds. The third-order valence-corrected chi connectivity index (χ3v) is 4.04. The predicted octanol–water partition coefficient (Wildman–Crippen LogP) is 1.86. The Hall–Kier alpha value is -2.96. The summed E-state index contributed by atoms with van der Waals surface area (Å²) in [6, 6.07) is 8.35. The summed E-state index contributed by atoms with van der Waals surface area (Å²) < 4.78 is 13.9. The van der Waals surface area contributed by atoms with Crippen LogP contribution in [0.2, 0.25) is 0 Å². The van der Waals surface area contributed by atoms with Crippen LogP contribution in [0.3, 0.4) is 0 Å². The van der Waals surface area contributed by atoms with E-state index in [2.05, 4.69) is 21.9 Å². The molecule has 3 rings (SSSR count). The Kier molecular flexibility index (Phi) is 5.23. The molecule has 1 aliphatic rings. The van der Waals surface area contributed by atoms with E-state index in [9.17, 15) is 9.18 Å². The summed E-state index contributed by atoms with van der Waals surface area (Å²) in [6.45, 7) is 6.60. The average Bonchev–Trinajstić information content (AvgIpc) is 2.67. The third-order valence-electron chi connectivity index (χ3n) is 4.04. The molecule has 1 saturated heterocycles. The molecule has 0 saturated carbocycles. The monoisotopic (exact) mass is 341 g/mol. The van der Waals surface area contributed by atoms with Crippen molar-refractivity contribution in [1.29, 1.82) is 0 Å². The van der Waals surface area contributed by atoms with Gasteiger partial charge in [-0.15, -0.1) is 6.58 Å². The van der Waals surface area contributed by atoms with Gasteiger partial charge < -0.3 is 15.1 Å². The summed E-state index contributed by atoms with van der Waals surface area (Å²) in [5.74, 6) is 0.0427. The molecule has 0 unspecified atom stereocenters. The van der Waals surface area contributed by atoms with Crippen molar-refractivity contribution in [3.63, 3.8) is 0 Å². The lowest BCUT2D eigenvalue weighted by molar-refractivity contribution is 0.0953. The van der Waals surface area contributed by atoms with Crippen LogP contribution in [0.4, 0.5) is 16.0 Å². The van der Waals surface area contributed by atoms with Crippen molar-refractivity contribution in [1.82, 2.24) is 15.3 Å². The fourth-order valence-electron chi connectivity index (χ4n) is 2.74. The molecule has 25 heavy (non-hydrogen) atoms. The second-order valence-electron chi connectivity index (χ2n) is 5.67. The van der Waals surface area contributed by atoms with Crippen molar-refractivity contribution >= 4 is 17.5 Å². The normalized spacial score (nSPS) is 14.3. The van der Waals surface area contributed by atoms with Crippen LogP contribution in [0.25, 0.3) is 0 Å². The molecule has 2 aromatic rings. The van der Waals surface area contributed by atoms with Crippen molar-refractivity contribution in [2.24, 2.45) is 0 Å². The van der Waals surface area contributed by atoms with E-state index >= 15 is 0 Å². The van der Waals surface area contributed by atoms with E-state index in [1.54, 1.807) is 30.5 Å². The van der Waals surface area contributed by atoms with Crippen LogP contribution in [0.5, 0.6) is 0 Å². The quantitative estimate of drug-likeness (QED) is 0.841. The molecule has 1 aliphatic heterocycles. The van der Waals surface area contributed by atoms with Crippen LogP contribution in [-0.2, 0) is 0 Å². The number of rotatable bonds is 5. The smallest absolute Gasteiger partial charge is 0.270 e. The van der Waals surface area contributed by atoms with Crippen molar-refractivity contribution in [3.8, 4) is 0 Å². The molecule has 0 spiro atoms. The molecule has 6 nitrogen and oxygen atoms in total. The van der Waals surface area contributed by atoms with Gasteiger partial charge in [-0.1, -0.05) is 18.2 Å². The Morgan fingerprint density at radius 3 is 2.64 bits per heavy atom. The number of hydrogen-bond acceptors (Lipinski definition) is 5. The third kappa shape index (κ3) is 3.93. The van der Waals surface area contributed by atoms with Crippen LogP contribution in [-0.4, -0.2) is 48.6 Å². The Labute approximate surface area is 146 Å². The molecule has 1 aromatic carbocycles. The van der Waals surface area contributed by atoms with Gasteiger partial charge in [-0.25, -0.2) is 14.4 Å². The Bertz CT molecular complexity index is 759. The number of amides is 1.